The van der Waals surface area contributed by atoms with Crippen LogP contribution in [0.3, 0.4) is 0 Å². The predicted molar refractivity (Wildman–Crippen MR) is 110 cm³/mol. The van der Waals surface area contributed by atoms with E-state index in [0.717, 1.165) is 24.3 Å². The number of carbonyl (C=O) groups is 2. The van der Waals surface area contributed by atoms with E-state index in [9.17, 15) is 18.0 Å². The Bertz CT molecular complexity index is 937. The maximum absolute atomic E-state index is 12.4. The number of carboxylic acids is 1. The highest BCUT2D eigenvalue weighted by Crippen LogP contribution is 2.36. The molecule has 0 radical (unpaired) electrons. The first-order valence-corrected chi connectivity index (χ1v) is 10.6. The Morgan fingerprint density at radius 1 is 1.31 bits per heavy atom. The maximum Gasteiger partial charge on any atom is 0.490 e. The molecule has 2 aliphatic rings. The normalized spacial score (nSPS) is 22.7. The van der Waals surface area contributed by atoms with E-state index >= 15 is 0 Å². The molecule has 0 aromatic carbocycles. The number of aliphatic carboxylic acids is 1. The van der Waals surface area contributed by atoms with Gasteiger partial charge in [0.25, 0.3) is 0 Å². The first kappa shape index (κ1) is 23.7. The molecule has 4 rings (SSSR count). The van der Waals surface area contributed by atoms with Crippen LogP contribution in [0.1, 0.15) is 17.7 Å². The minimum Gasteiger partial charge on any atom is -0.475 e. The van der Waals surface area contributed by atoms with Gasteiger partial charge in [-0.05, 0) is 30.0 Å². The molecule has 2 aromatic heterocycles. The number of halogens is 3. The Morgan fingerprint density at radius 2 is 2.09 bits per heavy atom. The molecule has 172 valence electrons. The van der Waals surface area contributed by atoms with Crippen LogP contribution in [0.5, 0.6) is 5.88 Å². The summed E-state index contributed by atoms with van der Waals surface area (Å²) in [5.74, 6) is -2.09. The molecule has 0 unspecified atom stereocenters. The number of pyridine rings is 1. The minimum absolute atomic E-state index is 0.00777. The van der Waals surface area contributed by atoms with E-state index in [2.05, 4.69) is 4.98 Å². The highest BCUT2D eigenvalue weighted by molar-refractivity contribution is 7.10. The first-order valence-electron chi connectivity index (χ1n) is 9.69. The second kappa shape index (κ2) is 10.1. The molecule has 2 aromatic rings. The number of rotatable bonds is 4. The smallest absolute Gasteiger partial charge is 0.475 e. The van der Waals surface area contributed by atoms with E-state index in [-0.39, 0.29) is 17.6 Å². The fourth-order valence-corrected chi connectivity index (χ4v) is 4.05. The third kappa shape index (κ3) is 6.54. The fraction of sp³-hybridized carbons (Fsp3) is 0.381. The Morgan fingerprint density at radius 3 is 2.72 bits per heavy atom. The molecular formula is C21H21F3N2O5S. The molecule has 2 aliphatic heterocycles. The third-order valence-electron chi connectivity index (χ3n) is 4.90. The number of ether oxygens (including phenoxy) is 2. The molecule has 2 fully saturated rings. The lowest BCUT2D eigenvalue weighted by atomic mass is 9.98. The van der Waals surface area contributed by atoms with Crippen molar-refractivity contribution < 1.29 is 37.3 Å². The molecule has 1 N–H and O–H groups in total. The number of nitrogens with zero attached hydrogens (tertiary/aromatic N) is 2. The van der Waals surface area contributed by atoms with Crippen LogP contribution in [-0.2, 0) is 14.3 Å². The fourth-order valence-electron chi connectivity index (χ4n) is 3.43. The van der Waals surface area contributed by atoms with Crippen molar-refractivity contribution in [3.05, 3.63) is 52.9 Å². The van der Waals surface area contributed by atoms with Crippen LogP contribution >= 0.6 is 11.3 Å². The van der Waals surface area contributed by atoms with Gasteiger partial charge in [0.2, 0.25) is 11.8 Å². The van der Waals surface area contributed by atoms with Crippen molar-refractivity contribution >= 4 is 29.3 Å². The highest BCUT2D eigenvalue weighted by Gasteiger charge is 2.47. The molecular weight excluding hydrogens is 449 g/mol. The van der Waals surface area contributed by atoms with Crippen molar-refractivity contribution in [3.63, 3.8) is 0 Å². The van der Waals surface area contributed by atoms with Gasteiger partial charge in [0.15, 0.2) is 0 Å². The van der Waals surface area contributed by atoms with Crippen molar-refractivity contribution in [2.24, 2.45) is 0 Å². The summed E-state index contributed by atoms with van der Waals surface area (Å²) in [7, 11) is 0. The summed E-state index contributed by atoms with van der Waals surface area (Å²) in [4.78, 5) is 28.4. The Balaban J connectivity index is 0.000000360. The monoisotopic (exact) mass is 470 g/mol. The summed E-state index contributed by atoms with van der Waals surface area (Å²) in [5, 5.41) is 9.13. The van der Waals surface area contributed by atoms with Gasteiger partial charge >= 0.3 is 12.1 Å². The van der Waals surface area contributed by atoms with Crippen molar-refractivity contribution in [1.82, 2.24) is 9.88 Å². The van der Waals surface area contributed by atoms with Crippen molar-refractivity contribution in [2.75, 3.05) is 19.7 Å². The lowest BCUT2D eigenvalue weighted by molar-refractivity contribution is -0.192. The summed E-state index contributed by atoms with van der Waals surface area (Å²) < 4.78 is 43.7. The van der Waals surface area contributed by atoms with E-state index in [4.69, 9.17) is 19.4 Å². The standard InChI is InChI=1S/C19H20N2O3S.C2HF3O2/c22-18(7-6-16-4-3-11-25-16)21-10-8-19(14-21)12-15(13-23-19)24-17-5-1-2-9-20-17;3-2(4,5)1(6)7/h1-7,9,11,15H,8,10,12-14H2;(H,6,7)/b7-6+;/t15-,19+;/m1./s1. The molecule has 11 heteroatoms. The number of amides is 1. The second-order valence-electron chi connectivity index (χ2n) is 7.27. The minimum atomic E-state index is -5.08. The molecule has 7 nitrogen and oxygen atoms in total. The van der Waals surface area contributed by atoms with E-state index in [0.29, 0.717) is 19.0 Å². The number of likely N-dealkylation sites (tertiary alicyclic amines) is 1. The van der Waals surface area contributed by atoms with Gasteiger partial charge in [0.1, 0.15) is 6.10 Å². The van der Waals surface area contributed by atoms with Crippen LogP contribution in [0.25, 0.3) is 6.08 Å². The van der Waals surface area contributed by atoms with Crippen molar-refractivity contribution in [2.45, 2.75) is 30.7 Å². The van der Waals surface area contributed by atoms with Gasteiger partial charge in [-0.25, -0.2) is 9.78 Å². The summed E-state index contributed by atoms with van der Waals surface area (Å²) in [6.07, 6.45) is 1.81. The zero-order valence-electron chi connectivity index (χ0n) is 16.8. The molecule has 1 amide bonds. The Hall–Kier alpha value is -2.92. The second-order valence-corrected chi connectivity index (χ2v) is 8.25. The lowest BCUT2D eigenvalue weighted by Crippen LogP contribution is -2.35. The molecule has 0 aliphatic carbocycles. The number of hydrogen-bond donors (Lipinski definition) is 1. The van der Waals surface area contributed by atoms with Crippen LogP contribution in [0.4, 0.5) is 13.2 Å². The Labute approximate surface area is 186 Å². The Kier molecular flexibility index (Phi) is 7.52. The highest BCUT2D eigenvalue weighted by atomic mass is 32.1. The van der Waals surface area contributed by atoms with E-state index in [1.165, 1.54) is 0 Å². The lowest BCUT2D eigenvalue weighted by Gasteiger charge is -2.22. The maximum atomic E-state index is 12.4. The summed E-state index contributed by atoms with van der Waals surface area (Å²) in [6, 6.07) is 9.60. The molecule has 1 spiro atoms. The van der Waals surface area contributed by atoms with Crippen LogP contribution in [0, 0.1) is 0 Å². The number of carboxylic acid groups (broad SMARTS) is 1. The van der Waals surface area contributed by atoms with E-state index < -0.39 is 12.1 Å². The van der Waals surface area contributed by atoms with Gasteiger partial charge < -0.3 is 19.5 Å². The quantitative estimate of drug-likeness (QED) is 0.687. The van der Waals surface area contributed by atoms with Gasteiger partial charge in [-0.2, -0.15) is 13.2 Å². The summed E-state index contributed by atoms with van der Waals surface area (Å²) >= 11 is 1.62. The average Bonchev–Trinajstić information content (AvgIpc) is 3.49. The van der Waals surface area contributed by atoms with Crippen LogP contribution in [0.2, 0.25) is 0 Å². The number of thiophene rings is 1. The van der Waals surface area contributed by atoms with Gasteiger partial charge in [0, 0.05) is 36.2 Å². The van der Waals surface area contributed by atoms with Gasteiger partial charge in [-0.15, -0.1) is 11.3 Å². The molecule has 2 saturated heterocycles. The van der Waals surface area contributed by atoms with Crippen LogP contribution < -0.4 is 4.74 Å². The van der Waals surface area contributed by atoms with Crippen LogP contribution in [-0.4, -0.2) is 64.4 Å². The third-order valence-corrected chi connectivity index (χ3v) is 5.74. The largest absolute Gasteiger partial charge is 0.490 e. The zero-order chi connectivity index (χ0) is 23.2. The van der Waals surface area contributed by atoms with Crippen molar-refractivity contribution in [3.8, 4) is 5.88 Å². The number of alkyl halides is 3. The average molecular weight is 470 g/mol. The van der Waals surface area contributed by atoms with Crippen LogP contribution in [0.15, 0.2) is 48.0 Å². The zero-order valence-corrected chi connectivity index (χ0v) is 17.6. The van der Waals surface area contributed by atoms with Gasteiger partial charge in [-0.3, -0.25) is 4.79 Å². The molecule has 0 bridgehead atoms. The number of carbonyl (C=O) groups excluding carboxylic acids is 1. The van der Waals surface area contributed by atoms with Gasteiger partial charge in [0.05, 0.1) is 18.8 Å². The number of aromatic nitrogens is 1. The molecule has 32 heavy (non-hydrogen) atoms. The molecule has 2 atom stereocenters. The summed E-state index contributed by atoms with van der Waals surface area (Å²) in [5.41, 5.74) is -0.272. The molecule has 4 heterocycles. The van der Waals surface area contributed by atoms with E-state index in [1.807, 2.05) is 46.7 Å². The first-order chi connectivity index (χ1) is 15.2. The van der Waals surface area contributed by atoms with E-state index in [1.54, 1.807) is 23.6 Å². The van der Waals surface area contributed by atoms with Crippen molar-refractivity contribution in [1.29, 1.82) is 0 Å². The number of hydrogen-bond acceptors (Lipinski definition) is 6. The summed E-state index contributed by atoms with van der Waals surface area (Å²) in [6.45, 7) is 1.90. The SMILES string of the molecule is O=C(/C=C/c1cccs1)N1CC[C@]2(C[C@@H](Oc3ccccn3)CO2)C1.O=C(O)C(F)(F)F. The molecule has 0 saturated carbocycles. The van der Waals surface area contributed by atoms with Gasteiger partial charge in [-0.1, -0.05) is 12.1 Å². The predicted octanol–water partition coefficient (Wildman–Crippen LogP) is 3.63. The topological polar surface area (TPSA) is 89.0 Å².